The van der Waals surface area contributed by atoms with Crippen LogP contribution in [0.4, 0.5) is 0 Å². The smallest absolute Gasteiger partial charge is 0.126 e. The minimum atomic E-state index is -0.531. The summed E-state index contributed by atoms with van der Waals surface area (Å²) in [6.45, 7) is 5.72. The molecule has 1 saturated heterocycles. The zero-order chi connectivity index (χ0) is 14.9. The van der Waals surface area contributed by atoms with Gasteiger partial charge in [0.05, 0.1) is 12.2 Å². The summed E-state index contributed by atoms with van der Waals surface area (Å²) in [6, 6.07) is 4.71. The third-order valence-corrected chi connectivity index (χ3v) is 5.70. The van der Waals surface area contributed by atoms with Crippen LogP contribution in [-0.2, 0) is 0 Å². The van der Waals surface area contributed by atoms with Gasteiger partial charge >= 0.3 is 0 Å². The molecule has 0 bridgehead atoms. The second-order valence-corrected chi connectivity index (χ2v) is 7.56. The van der Waals surface area contributed by atoms with Crippen molar-refractivity contribution >= 4 is 11.8 Å². The fraction of sp³-hybridized carbons (Fsp3) is 0.647. The first-order valence-corrected chi connectivity index (χ1v) is 9.00. The van der Waals surface area contributed by atoms with E-state index in [1.165, 1.54) is 16.7 Å². The molecular weight excluding hydrogens is 282 g/mol. The molecule has 0 aromatic heterocycles. The summed E-state index contributed by atoms with van der Waals surface area (Å²) in [5.41, 5.74) is 3.23. The van der Waals surface area contributed by atoms with Crippen molar-refractivity contribution in [3.8, 4) is 5.75 Å². The third-order valence-electron chi connectivity index (χ3n) is 4.47. The average Bonchev–Trinajstić information content (AvgIpc) is 2.76. The van der Waals surface area contributed by atoms with Gasteiger partial charge in [0.1, 0.15) is 5.75 Å². The molecule has 0 aliphatic carbocycles. The Kier molecular flexibility index (Phi) is 4.48. The van der Waals surface area contributed by atoms with Gasteiger partial charge in [0.15, 0.2) is 0 Å². The lowest BCUT2D eigenvalue weighted by Gasteiger charge is -2.26. The number of hydrogen-bond donors (Lipinski definition) is 2. The van der Waals surface area contributed by atoms with Crippen molar-refractivity contribution in [1.29, 1.82) is 0 Å². The first kappa shape index (κ1) is 15.2. The Morgan fingerprint density at radius 3 is 3.05 bits per heavy atom. The van der Waals surface area contributed by atoms with Gasteiger partial charge in [0, 0.05) is 23.9 Å². The van der Waals surface area contributed by atoms with E-state index in [1.807, 2.05) is 11.8 Å². The van der Waals surface area contributed by atoms with Crippen LogP contribution in [0.1, 0.15) is 42.0 Å². The summed E-state index contributed by atoms with van der Waals surface area (Å²) in [5, 5.41) is 14.1. The van der Waals surface area contributed by atoms with E-state index in [-0.39, 0.29) is 6.04 Å². The highest BCUT2D eigenvalue weighted by atomic mass is 32.2. The normalized spacial score (nSPS) is 28.8. The molecule has 21 heavy (non-hydrogen) atoms. The molecule has 1 aromatic rings. The quantitative estimate of drug-likeness (QED) is 0.901. The lowest BCUT2D eigenvalue weighted by atomic mass is 9.96. The van der Waals surface area contributed by atoms with E-state index in [0.29, 0.717) is 6.54 Å². The Hall–Kier alpha value is -0.710. The molecular formula is C17H25NO2S. The number of aliphatic hydroxyl groups is 1. The van der Waals surface area contributed by atoms with Crippen molar-refractivity contribution in [2.75, 3.05) is 24.7 Å². The van der Waals surface area contributed by atoms with Gasteiger partial charge in [0.2, 0.25) is 0 Å². The zero-order valence-corrected chi connectivity index (χ0v) is 13.8. The minimum Gasteiger partial charge on any atom is -0.493 e. The highest BCUT2D eigenvalue weighted by Crippen LogP contribution is 2.36. The number of fused-ring (bicyclic) bond motifs is 1. The Balaban J connectivity index is 1.79. The molecule has 116 valence electrons. The van der Waals surface area contributed by atoms with Crippen molar-refractivity contribution in [2.45, 2.75) is 44.8 Å². The first-order valence-electron chi connectivity index (χ1n) is 7.85. The van der Waals surface area contributed by atoms with Gasteiger partial charge < -0.3 is 15.2 Å². The predicted octanol–water partition coefficient (Wildman–Crippen LogP) is 2.97. The van der Waals surface area contributed by atoms with E-state index in [9.17, 15) is 5.11 Å². The van der Waals surface area contributed by atoms with E-state index < -0.39 is 5.60 Å². The van der Waals surface area contributed by atoms with Crippen LogP contribution in [-0.4, -0.2) is 35.4 Å². The Labute approximate surface area is 131 Å². The SMILES string of the molecule is Cc1cc(C)c2c(c1)C(NCC1(O)CCSC1)CCCO2. The van der Waals surface area contributed by atoms with Crippen LogP contribution < -0.4 is 10.1 Å². The van der Waals surface area contributed by atoms with Gasteiger partial charge in [-0.2, -0.15) is 11.8 Å². The molecule has 0 radical (unpaired) electrons. The maximum Gasteiger partial charge on any atom is 0.126 e. The molecule has 2 heterocycles. The predicted molar refractivity (Wildman–Crippen MR) is 88.3 cm³/mol. The van der Waals surface area contributed by atoms with Crippen molar-refractivity contribution in [3.63, 3.8) is 0 Å². The maximum atomic E-state index is 10.5. The lowest BCUT2D eigenvalue weighted by molar-refractivity contribution is 0.0642. The van der Waals surface area contributed by atoms with Crippen molar-refractivity contribution in [1.82, 2.24) is 5.32 Å². The van der Waals surface area contributed by atoms with E-state index in [1.54, 1.807) is 0 Å². The number of thioether (sulfide) groups is 1. The molecule has 2 atom stereocenters. The molecule has 2 N–H and O–H groups in total. The van der Waals surface area contributed by atoms with Crippen LogP contribution >= 0.6 is 11.8 Å². The minimum absolute atomic E-state index is 0.288. The van der Waals surface area contributed by atoms with E-state index in [2.05, 4.69) is 31.3 Å². The number of nitrogens with one attached hydrogen (secondary N) is 1. The van der Waals surface area contributed by atoms with Crippen molar-refractivity contribution in [2.24, 2.45) is 0 Å². The summed E-state index contributed by atoms with van der Waals surface area (Å²) in [4.78, 5) is 0. The average molecular weight is 307 g/mol. The molecule has 3 nitrogen and oxygen atoms in total. The van der Waals surface area contributed by atoms with E-state index in [4.69, 9.17) is 4.74 Å². The Morgan fingerprint density at radius 1 is 1.43 bits per heavy atom. The standard InChI is InChI=1S/C17H25NO2S/c1-12-8-13(2)16-14(9-12)15(4-3-6-20-16)18-10-17(19)5-7-21-11-17/h8-9,15,18-19H,3-7,10-11H2,1-2H3. The van der Waals surface area contributed by atoms with Crippen LogP contribution in [0, 0.1) is 13.8 Å². The molecule has 0 amide bonds. The number of aryl methyl sites for hydroxylation is 2. The van der Waals surface area contributed by atoms with Gasteiger partial charge in [-0.1, -0.05) is 17.7 Å². The largest absolute Gasteiger partial charge is 0.493 e. The maximum absolute atomic E-state index is 10.5. The molecule has 0 spiro atoms. The van der Waals surface area contributed by atoms with E-state index in [0.717, 1.165) is 43.1 Å². The van der Waals surface area contributed by atoms with E-state index >= 15 is 0 Å². The molecule has 1 aromatic carbocycles. The molecule has 2 aliphatic rings. The number of hydrogen-bond acceptors (Lipinski definition) is 4. The second kappa shape index (κ2) is 6.19. The van der Waals surface area contributed by atoms with Crippen molar-refractivity contribution < 1.29 is 9.84 Å². The summed E-state index contributed by atoms with van der Waals surface area (Å²) in [5.74, 6) is 2.97. The van der Waals surface area contributed by atoms with Gasteiger partial charge in [-0.15, -0.1) is 0 Å². The highest BCUT2D eigenvalue weighted by Gasteiger charge is 2.33. The fourth-order valence-corrected chi connectivity index (χ4v) is 4.62. The van der Waals surface area contributed by atoms with Crippen LogP contribution in [0.15, 0.2) is 12.1 Å². The molecule has 1 fully saturated rings. The second-order valence-electron chi connectivity index (χ2n) is 6.45. The highest BCUT2D eigenvalue weighted by molar-refractivity contribution is 7.99. The number of ether oxygens (including phenoxy) is 1. The van der Waals surface area contributed by atoms with Gasteiger partial charge in [-0.25, -0.2) is 0 Å². The molecule has 0 saturated carbocycles. The summed E-state index contributed by atoms with van der Waals surface area (Å²) < 4.78 is 5.95. The summed E-state index contributed by atoms with van der Waals surface area (Å²) in [6.07, 6.45) is 3.02. The fourth-order valence-electron chi connectivity index (χ4n) is 3.32. The van der Waals surface area contributed by atoms with Gasteiger partial charge in [-0.05, 0) is 44.4 Å². The first-order chi connectivity index (χ1) is 10.1. The number of rotatable bonds is 3. The van der Waals surface area contributed by atoms with Crippen LogP contribution in [0.3, 0.4) is 0 Å². The van der Waals surface area contributed by atoms with Crippen molar-refractivity contribution in [3.05, 3.63) is 28.8 Å². The topological polar surface area (TPSA) is 41.5 Å². The van der Waals surface area contributed by atoms with Gasteiger partial charge in [0.25, 0.3) is 0 Å². The molecule has 3 rings (SSSR count). The summed E-state index contributed by atoms with van der Waals surface area (Å²) in [7, 11) is 0. The zero-order valence-electron chi connectivity index (χ0n) is 12.9. The third kappa shape index (κ3) is 3.38. The van der Waals surface area contributed by atoms with Gasteiger partial charge in [-0.3, -0.25) is 0 Å². The van der Waals surface area contributed by atoms with Crippen LogP contribution in [0.5, 0.6) is 5.75 Å². The monoisotopic (exact) mass is 307 g/mol. The number of benzene rings is 1. The van der Waals surface area contributed by atoms with Crippen LogP contribution in [0.25, 0.3) is 0 Å². The molecule has 2 aliphatic heterocycles. The Bertz CT molecular complexity index is 512. The lowest BCUT2D eigenvalue weighted by Crippen LogP contribution is -2.41. The Morgan fingerprint density at radius 2 is 2.29 bits per heavy atom. The molecule has 4 heteroatoms. The summed E-state index contributed by atoms with van der Waals surface area (Å²) >= 11 is 1.85. The van der Waals surface area contributed by atoms with Crippen LogP contribution in [0.2, 0.25) is 0 Å². The molecule has 2 unspecified atom stereocenters.